The Morgan fingerprint density at radius 3 is 2.81 bits per heavy atom. The summed E-state index contributed by atoms with van der Waals surface area (Å²) in [6, 6.07) is 7.20. The molecule has 0 aliphatic heterocycles. The van der Waals surface area contributed by atoms with E-state index in [-0.39, 0.29) is 5.91 Å². The van der Waals surface area contributed by atoms with Crippen LogP contribution in [0.15, 0.2) is 30.5 Å². The summed E-state index contributed by atoms with van der Waals surface area (Å²) in [4.78, 5) is 12.3. The van der Waals surface area contributed by atoms with Crippen LogP contribution in [0.4, 0.5) is 5.82 Å². The Morgan fingerprint density at radius 2 is 2.14 bits per heavy atom. The SMILES string of the molecule is COc1cc(C(=O)Nc2ccnn2CC(C)C)ccc1C. The largest absolute Gasteiger partial charge is 0.496 e. The third kappa shape index (κ3) is 3.62. The molecule has 1 aromatic carbocycles. The van der Waals surface area contributed by atoms with Crippen LogP contribution in [0.3, 0.4) is 0 Å². The maximum Gasteiger partial charge on any atom is 0.256 e. The average molecular weight is 287 g/mol. The molecule has 112 valence electrons. The predicted molar refractivity (Wildman–Crippen MR) is 82.7 cm³/mol. The van der Waals surface area contributed by atoms with E-state index in [1.165, 1.54) is 0 Å². The number of hydrogen-bond acceptors (Lipinski definition) is 3. The lowest BCUT2D eigenvalue weighted by molar-refractivity contribution is 0.102. The molecule has 0 spiro atoms. The number of aryl methyl sites for hydroxylation is 1. The van der Waals surface area contributed by atoms with Crippen LogP contribution in [0.5, 0.6) is 5.75 Å². The standard InChI is InChI=1S/C16H21N3O2/c1-11(2)10-19-15(7-8-17-19)18-16(20)13-6-5-12(3)14(9-13)21-4/h5-9,11H,10H2,1-4H3,(H,18,20). The molecule has 0 atom stereocenters. The van der Waals surface area contributed by atoms with Crippen LogP contribution in [0.2, 0.25) is 0 Å². The third-order valence-corrected chi connectivity index (χ3v) is 3.17. The van der Waals surface area contributed by atoms with E-state index in [0.717, 1.165) is 12.1 Å². The number of ether oxygens (including phenoxy) is 1. The van der Waals surface area contributed by atoms with E-state index >= 15 is 0 Å². The van der Waals surface area contributed by atoms with Crippen LogP contribution in [0.1, 0.15) is 29.8 Å². The lowest BCUT2D eigenvalue weighted by Gasteiger charge is -2.12. The number of rotatable bonds is 5. The van der Waals surface area contributed by atoms with E-state index in [1.54, 1.807) is 36.2 Å². The van der Waals surface area contributed by atoms with Gasteiger partial charge in [0.1, 0.15) is 11.6 Å². The van der Waals surface area contributed by atoms with Crippen LogP contribution < -0.4 is 10.1 Å². The highest BCUT2D eigenvalue weighted by Gasteiger charge is 2.12. The van der Waals surface area contributed by atoms with Gasteiger partial charge in [0.15, 0.2) is 0 Å². The summed E-state index contributed by atoms with van der Waals surface area (Å²) in [6.07, 6.45) is 1.69. The first-order valence-corrected chi connectivity index (χ1v) is 6.99. The van der Waals surface area contributed by atoms with Crippen molar-refractivity contribution in [2.45, 2.75) is 27.3 Å². The summed E-state index contributed by atoms with van der Waals surface area (Å²) in [5.41, 5.74) is 1.56. The van der Waals surface area contributed by atoms with Gasteiger partial charge in [-0.15, -0.1) is 0 Å². The molecule has 0 fully saturated rings. The fourth-order valence-electron chi connectivity index (χ4n) is 2.08. The molecule has 1 N–H and O–H groups in total. The summed E-state index contributed by atoms with van der Waals surface area (Å²) < 4.78 is 7.05. The highest BCUT2D eigenvalue weighted by molar-refractivity contribution is 6.04. The van der Waals surface area contributed by atoms with Gasteiger partial charge in [-0.2, -0.15) is 5.10 Å². The maximum absolute atomic E-state index is 12.3. The van der Waals surface area contributed by atoms with E-state index in [4.69, 9.17) is 4.74 Å². The van der Waals surface area contributed by atoms with Crippen molar-refractivity contribution < 1.29 is 9.53 Å². The van der Waals surface area contributed by atoms with Gasteiger partial charge >= 0.3 is 0 Å². The molecule has 21 heavy (non-hydrogen) atoms. The van der Waals surface area contributed by atoms with Crippen molar-refractivity contribution in [1.29, 1.82) is 0 Å². The molecule has 0 bridgehead atoms. The van der Waals surface area contributed by atoms with Crippen molar-refractivity contribution in [2.24, 2.45) is 5.92 Å². The first kappa shape index (κ1) is 15.1. The maximum atomic E-state index is 12.3. The number of carbonyl (C=O) groups is 1. The zero-order chi connectivity index (χ0) is 15.4. The zero-order valence-corrected chi connectivity index (χ0v) is 12.9. The molecule has 1 aromatic heterocycles. The van der Waals surface area contributed by atoms with Crippen molar-refractivity contribution in [2.75, 3.05) is 12.4 Å². The number of nitrogens with one attached hydrogen (secondary N) is 1. The quantitative estimate of drug-likeness (QED) is 0.919. The molecule has 0 unspecified atom stereocenters. The Bertz CT molecular complexity index is 632. The molecule has 1 amide bonds. The van der Waals surface area contributed by atoms with Gasteiger partial charge in [0.25, 0.3) is 5.91 Å². The lowest BCUT2D eigenvalue weighted by Crippen LogP contribution is -2.17. The van der Waals surface area contributed by atoms with Crippen molar-refractivity contribution in [3.05, 3.63) is 41.6 Å². The van der Waals surface area contributed by atoms with Crippen molar-refractivity contribution in [3.8, 4) is 5.75 Å². The Hall–Kier alpha value is -2.30. The Labute approximate surface area is 124 Å². The minimum atomic E-state index is -0.168. The van der Waals surface area contributed by atoms with Crippen molar-refractivity contribution in [1.82, 2.24) is 9.78 Å². The van der Waals surface area contributed by atoms with Gasteiger partial charge in [-0.25, -0.2) is 4.68 Å². The van der Waals surface area contributed by atoms with Crippen LogP contribution in [0.25, 0.3) is 0 Å². The van der Waals surface area contributed by atoms with E-state index < -0.39 is 0 Å². The fraction of sp³-hybridized carbons (Fsp3) is 0.375. The van der Waals surface area contributed by atoms with Gasteiger partial charge in [-0.05, 0) is 30.5 Å². The molecule has 0 saturated carbocycles. The normalized spacial score (nSPS) is 10.7. The average Bonchev–Trinajstić information content (AvgIpc) is 2.85. The van der Waals surface area contributed by atoms with Gasteiger partial charge < -0.3 is 10.1 Å². The molecule has 0 aliphatic rings. The molecule has 2 aromatic rings. The topological polar surface area (TPSA) is 56.1 Å². The van der Waals surface area contributed by atoms with E-state index in [9.17, 15) is 4.79 Å². The number of benzene rings is 1. The number of anilines is 1. The third-order valence-electron chi connectivity index (χ3n) is 3.17. The molecule has 5 heteroatoms. The Balaban J connectivity index is 2.16. The molecular weight excluding hydrogens is 266 g/mol. The second kappa shape index (κ2) is 6.43. The summed E-state index contributed by atoms with van der Waals surface area (Å²) in [5, 5.41) is 7.12. The summed E-state index contributed by atoms with van der Waals surface area (Å²) >= 11 is 0. The van der Waals surface area contributed by atoms with E-state index in [0.29, 0.717) is 23.0 Å². The second-order valence-corrected chi connectivity index (χ2v) is 5.43. The number of hydrogen-bond donors (Lipinski definition) is 1. The molecule has 2 rings (SSSR count). The number of aromatic nitrogens is 2. The smallest absolute Gasteiger partial charge is 0.256 e. The minimum absolute atomic E-state index is 0.168. The van der Waals surface area contributed by atoms with Crippen molar-refractivity contribution in [3.63, 3.8) is 0 Å². The summed E-state index contributed by atoms with van der Waals surface area (Å²) in [6.45, 7) is 6.92. The molecule has 1 heterocycles. The van der Waals surface area contributed by atoms with Gasteiger partial charge in [-0.3, -0.25) is 4.79 Å². The van der Waals surface area contributed by atoms with Gasteiger partial charge in [0.05, 0.1) is 13.3 Å². The predicted octanol–water partition coefficient (Wildman–Crippen LogP) is 3.11. The van der Waals surface area contributed by atoms with Gasteiger partial charge in [-0.1, -0.05) is 19.9 Å². The van der Waals surface area contributed by atoms with Gasteiger partial charge in [0, 0.05) is 18.2 Å². The number of carbonyl (C=O) groups excluding carboxylic acids is 1. The number of methoxy groups -OCH3 is 1. The van der Waals surface area contributed by atoms with Crippen molar-refractivity contribution >= 4 is 11.7 Å². The molecule has 5 nitrogen and oxygen atoms in total. The molecule has 0 radical (unpaired) electrons. The van der Waals surface area contributed by atoms with Gasteiger partial charge in [0.2, 0.25) is 0 Å². The summed E-state index contributed by atoms with van der Waals surface area (Å²) in [5.74, 6) is 1.70. The zero-order valence-electron chi connectivity index (χ0n) is 12.9. The lowest BCUT2D eigenvalue weighted by atomic mass is 10.1. The Kier molecular flexibility index (Phi) is 4.62. The molecular formula is C16H21N3O2. The fourth-order valence-corrected chi connectivity index (χ4v) is 2.08. The minimum Gasteiger partial charge on any atom is -0.496 e. The van der Waals surface area contributed by atoms with E-state index in [2.05, 4.69) is 24.3 Å². The Morgan fingerprint density at radius 1 is 1.38 bits per heavy atom. The number of nitrogens with zero attached hydrogens (tertiary/aromatic N) is 2. The molecule has 0 saturated heterocycles. The second-order valence-electron chi connectivity index (χ2n) is 5.43. The van der Waals surface area contributed by atoms with Crippen LogP contribution >= 0.6 is 0 Å². The summed E-state index contributed by atoms with van der Waals surface area (Å²) in [7, 11) is 1.60. The monoisotopic (exact) mass is 287 g/mol. The van der Waals surface area contributed by atoms with Crippen LogP contribution in [0, 0.1) is 12.8 Å². The number of amides is 1. The first-order valence-electron chi connectivity index (χ1n) is 6.99. The highest BCUT2D eigenvalue weighted by Crippen LogP contribution is 2.20. The van der Waals surface area contributed by atoms with Crippen LogP contribution in [-0.4, -0.2) is 22.8 Å². The van der Waals surface area contributed by atoms with Crippen LogP contribution in [-0.2, 0) is 6.54 Å². The van der Waals surface area contributed by atoms with E-state index in [1.807, 2.05) is 13.0 Å². The highest BCUT2D eigenvalue weighted by atomic mass is 16.5. The molecule has 0 aliphatic carbocycles. The first-order chi connectivity index (χ1) is 10.0.